The van der Waals surface area contributed by atoms with E-state index >= 15 is 0 Å². The molecule has 1 aromatic rings. The third-order valence-electron chi connectivity index (χ3n) is 2.07. The Kier molecular flexibility index (Phi) is 4.57. The Bertz CT molecular complexity index is 384. The van der Waals surface area contributed by atoms with E-state index in [2.05, 4.69) is 0 Å². The topological polar surface area (TPSA) is 89.4 Å². The van der Waals surface area contributed by atoms with Crippen LogP contribution in [0.1, 0.15) is 13.3 Å². The van der Waals surface area contributed by atoms with Crippen LogP contribution in [0, 0.1) is 10.1 Å². The molecule has 1 unspecified atom stereocenters. The van der Waals surface area contributed by atoms with Crippen LogP contribution in [0.5, 0.6) is 0 Å². The summed E-state index contributed by atoms with van der Waals surface area (Å²) in [5.41, 5.74) is 6.12. The maximum absolute atomic E-state index is 10.5. The number of aliphatic hydroxyl groups is 1. The molecule has 0 bridgehead atoms. The normalized spacial score (nSPS) is 12.4. The third kappa shape index (κ3) is 3.39. The first-order chi connectivity index (χ1) is 7.54. The van der Waals surface area contributed by atoms with Gasteiger partial charge in [0.15, 0.2) is 0 Å². The summed E-state index contributed by atoms with van der Waals surface area (Å²) in [6.07, 6.45) is 0.668. The summed E-state index contributed by atoms with van der Waals surface area (Å²) >= 11 is 1.51. The monoisotopic (exact) mass is 242 g/mol. The lowest BCUT2D eigenvalue weighted by Gasteiger charge is -2.10. The number of rotatable bonds is 5. The summed E-state index contributed by atoms with van der Waals surface area (Å²) in [6.45, 7) is 2.10. The largest absolute Gasteiger partial charge is 0.398 e. The van der Waals surface area contributed by atoms with Crippen molar-refractivity contribution in [3.8, 4) is 0 Å². The number of benzene rings is 1. The van der Waals surface area contributed by atoms with Crippen LogP contribution in [-0.2, 0) is 0 Å². The van der Waals surface area contributed by atoms with Gasteiger partial charge in [0.25, 0.3) is 5.69 Å². The first kappa shape index (κ1) is 12.8. The second-order valence-corrected chi connectivity index (χ2v) is 4.90. The van der Waals surface area contributed by atoms with Gasteiger partial charge in [-0.25, -0.2) is 0 Å². The molecule has 88 valence electrons. The first-order valence-corrected chi connectivity index (χ1v) is 5.74. The molecule has 0 saturated heterocycles. The second-order valence-electron chi connectivity index (χ2n) is 3.42. The number of nitro groups is 1. The van der Waals surface area contributed by atoms with E-state index in [0.29, 0.717) is 12.1 Å². The van der Waals surface area contributed by atoms with E-state index in [1.54, 1.807) is 6.07 Å². The van der Waals surface area contributed by atoms with Crippen LogP contribution in [0.2, 0.25) is 0 Å². The summed E-state index contributed by atoms with van der Waals surface area (Å²) in [7, 11) is 0. The lowest BCUT2D eigenvalue weighted by molar-refractivity contribution is -0.384. The standard InChI is InChI=1S/C10H14N2O3S/c1-7(4-5-13)16-10-3-2-8(12(14)15)6-9(10)11/h2-3,6-7,13H,4-5,11H2,1H3. The van der Waals surface area contributed by atoms with Crippen LogP contribution in [0.3, 0.4) is 0 Å². The second kappa shape index (κ2) is 5.72. The highest BCUT2D eigenvalue weighted by molar-refractivity contribution is 8.00. The average molecular weight is 242 g/mol. The fourth-order valence-electron chi connectivity index (χ4n) is 1.21. The number of nitro benzene ring substituents is 1. The zero-order valence-electron chi connectivity index (χ0n) is 8.92. The summed E-state index contributed by atoms with van der Waals surface area (Å²) in [4.78, 5) is 10.8. The molecule has 0 aliphatic rings. The van der Waals surface area contributed by atoms with Crippen LogP contribution >= 0.6 is 11.8 Å². The first-order valence-electron chi connectivity index (χ1n) is 4.86. The molecule has 1 rings (SSSR count). The Labute approximate surface area is 97.8 Å². The van der Waals surface area contributed by atoms with E-state index in [1.807, 2.05) is 6.92 Å². The highest BCUT2D eigenvalue weighted by Gasteiger charge is 2.11. The molecule has 0 aromatic heterocycles. The Hall–Kier alpha value is -1.27. The lowest BCUT2D eigenvalue weighted by atomic mass is 10.3. The van der Waals surface area contributed by atoms with Crippen molar-refractivity contribution in [1.82, 2.24) is 0 Å². The quantitative estimate of drug-likeness (QED) is 0.357. The summed E-state index contributed by atoms with van der Waals surface area (Å²) in [5, 5.41) is 19.5. The van der Waals surface area contributed by atoms with E-state index in [0.717, 1.165) is 4.90 Å². The minimum absolute atomic E-state index is 0.00309. The molecule has 16 heavy (non-hydrogen) atoms. The molecule has 0 aliphatic heterocycles. The van der Waals surface area contributed by atoms with E-state index < -0.39 is 4.92 Å². The number of anilines is 1. The Morgan fingerprint density at radius 3 is 2.81 bits per heavy atom. The van der Waals surface area contributed by atoms with Crippen LogP contribution in [0.15, 0.2) is 23.1 Å². The van der Waals surface area contributed by atoms with Crippen molar-refractivity contribution in [2.24, 2.45) is 0 Å². The lowest BCUT2D eigenvalue weighted by Crippen LogP contribution is -2.01. The highest BCUT2D eigenvalue weighted by Crippen LogP contribution is 2.32. The number of nitrogen functional groups attached to an aromatic ring is 1. The van der Waals surface area contributed by atoms with Crippen LogP contribution < -0.4 is 5.73 Å². The molecule has 1 atom stereocenters. The molecule has 5 nitrogen and oxygen atoms in total. The number of nitrogens with zero attached hydrogens (tertiary/aromatic N) is 1. The number of aliphatic hydroxyl groups excluding tert-OH is 1. The van der Waals surface area contributed by atoms with Crippen molar-refractivity contribution in [2.75, 3.05) is 12.3 Å². The zero-order chi connectivity index (χ0) is 12.1. The van der Waals surface area contributed by atoms with Gasteiger partial charge in [0.1, 0.15) is 0 Å². The van der Waals surface area contributed by atoms with E-state index in [-0.39, 0.29) is 17.5 Å². The number of hydrogen-bond acceptors (Lipinski definition) is 5. The van der Waals surface area contributed by atoms with E-state index in [4.69, 9.17) is 10.8 Å². The molecule has 0 radical (unpaired) electrons. The zero-order valence-corrected chi connectivity index (χ0v) is 9.74. The van der Waals surface area contributed by atoms with Gasteiger partial charge in [-0.1, -0.05) is 6.92 Å². The summed E-state index contributed by atoms with van der Waals surface area (Å²) in [5.74, 6) is 0. The molecule has 0 aliphatic carbocycles. The molecular formula is C10H14N2O3S. The van der Waals surface area contributed by atoms with Crippen molar-refractivity contribution >= 4 is 23.1 Å². The average Bonchev–Trinajstić information content (AvgIpc) is 2.21. The molecule has 1 aromatic carbocycles. The van der Waals surface area contributed by atoms with Crippen molar-refractivity contribution in [2.45, 2.75) is 23.5 Å². The molecule has 3 N–H and O–H groups in total. The fourth-order valence-corrected chi connectivity index (χ4v) is 2.21. The Balaban J connectivity index is 2.79. The maximum atomic E-state index is 10.5. The minimum atomic E-state index is -0.470. The predicted molar refractivity (Wildman–Crippen MR) is 64.5 cm³/mol. The van der Waals surface area contributed by atoms with Gasteiger partial charge in [-0.2, -0.15) is 0 Å². The maximum Gasteiger partial charge on any atom is 0.271 e. The van der Waals surface area contributed by atoms with Gasteiger partial charge in [-0.3, -0.25) is 10.1 Å². The fraction of sp³-hybridized carbons (Fsp3) is 0.400. The molecule has 0 saturated carbocycles. The van der Waals surface area contributed by atoms with Gasteiger partial charge >= 0.3 is 0 Å². The van der Waals surface area contributed by atoms with Crippen LogP contribution in [-0.4, -0.2) is 21.9 Å². The smallest absolute Gasteiger partial charge is 0.271 e. The molecule has 0 fully saturated rings. The van der Waals surface area contributed by atoms with E-state index in [9.17, 15) is 10.1 Å². The molecule has 0 spiro atoms. The summed E-state index contributed by atoms with van der Waals surface area (Å²) in [6, 6.07) is 4.43. The number of non-ortho nitro benzene ring substituents is 1. The molecular weight excluding hydrogens is 228 g/mol. The predicted octanol–water partition coefficient (Wildman–Crippen LogP) is 2.04. The third-order valence-corrected chi connectivity index (χ3v) is 3.33. The molecule has 0 heterocycles. The number of hydrogen-bond donors (Lipinski definition) is 2. The molecule has 6 heteroatoms. The van der Waals surface area contributed by atoms with Crippen molar-refractivity contribution in [1.29, 1.82) is 0 Å². The number of thioether (sulfide) groups is 1. The minimum Gasteiger partial charge on any atom is -0.398 e. The summed E-state index contributed by atoms with van der Waals surface area (Å²) < 4.78 is 0. The van der Waals surface area contributed by atoms with Crippen LogP contribution in [0.4, 0.5) is 11.4 Å². The highest BCUT2D eigenvalue weighted by atomic mass is 32.2. The van der Waals surface area contributed by atoms with Gasteiger partial charge in [-0.15, -0.1) is 11.8 Å². The van der Waals surface area contributed by atoms with Gasteiger partial charge in [-0.05, 0) is 12.5 Å². The van der Waals surface area contributed by atoms with Gasteiger partial charge in [0.05, 0.1) is 10.6 Å². The van der Waals surface area contributed by atoms with Crippen molar-refractivity contribution in [3.05, 3.63) is 28.3 Å². The molecule has 0 amide bonds. The van der Waals surface area contributed by atoms with E-state index in [1.165, 1.54) is 23.9 Å². The Morgan fingerprint density at radius 2 is 2.31 bits per heavy atom. The number of nitrogens with two attached hydrogens (primary N) is 1. The van der Waals surface area contributed by atoms with Gasteiger partial charge < -0.3 is 10.8 Å². The van der Waals surface area contributed by atoms with Crippen molar-refractivity contribution < 1.29 is 10.0 Å². The van der Waals surface area contributed by atoms with Gasteiger partial charge in [0.2, 0.25) is 0 Å². The SMILES string of the molecule is CC(CCO)Sc1ccc([N+](=O)[O-])cc1N. The Morgan fingerprint density at radius 1 is 1.62 bits per heavy atom. The van der Waals surface area contributed by atoms with Crippen LogP contribution in [0.25, 0.3) is 0 Å². The van der Waals surface area contributed by atoms with Gasteiger partial charge in [0, 0.05) is 28.9 Å². The van der Waals surface area contributed by atoms with Crippen molar-refractivity contribution in [3.63, 3.8) is 0 Å².